The van der Waals surface area contributed by atoms with Gasteiger partial charge in [-0.3, -0.25) is 0 Å². The van der Waals surface area contributed by atoms with Crippen LogP contribution in [0.3, 0.4) is 0 Å². The van der Waals surface area contributed by atoms with Crippen LogP contribution in [0.25, 0.3) is 11.6 Å². The molecule has 2 N–H and O–H groups in total. The smallest absolute Gasteiger partial charge is 0.416 e. The molecule has 0 radical (unpaired) electrons. The lowest BCUT2D eigenvalue weighted by atomic mass is 10.1. The van der Waals surface area contributed by atoms with E-state index in [0.717, 1.165) is 6.92 Å². The van der Waals surface area contributed by atoms with Crippen LogP contribution < -0.4 is 5.73 Å². The predicted molar refractivity (Wildman–Crippen MR) is 120 cm³/mol. The number of pyridine rings is 1. The van der Waals surface area contributed by atoms with Crippen LogP contribution in [0.2, 0.25) is 16.6 Å². The third kappa shape index (κ3) is 4.99. The van der Waals surface area contributed by atoms with Crippen LogP contribution in [0.1, 0.15) is 59.9 Å². The van der Waals surface area contributed by atoms with E-state index < -0.39 is 53.9 Å². The van der Waals surface area contributed by atoms with Crippen molar-refractivity contribution in [3.63, 3.8) is 0 Å². The largest absolute Gasteiger partial charge is 0.425 e. The number of rotatable bonds is 7. The number of halogens is 7. The van der Waals surface area contributed by atoms with Crippen molar-refractivity contribution in [3.05, 3.63) is 22.1 Å². The molecule has 0 aliphatic rings. The number of hydrogen-bond donors (Lipinski definition) is 1. The second kappa shape index (κ2) is 9.41. The van der Waals surface area contributed by atoms with Crippen molar-refractivity contribution in [2.75, 3.05) is 5.73 Å². The highest BCUT2D eigenvalue weighted by atomic mass is 79.9. The van der Waals surface area contributed by atoms with Crippen LogP contribution in [0.15, 0.2) is 15.1 Å². The molecule has 2 aromatic rings. The lowest BCUT2D eigenvalue weighted by Crippen LogP contribution is -2.57. The number of alkyl halides is 6. The highest BCUT2D eigenvalue weighted by molar-refractivity contribution is 9.10. The monoisotopic (exact) mass is 576 g/mol. The molecular weight excluding hydrogens is 550 g/mol. The van der Waals surface area contributed by atoms with Gasteiger partial charge >= 0.3 is 12.4 Å². The summed E-state index contributed by atoms with van der Waals surface area (Å²) in [5.41, 5.74) is 0.157. The summed E-state index contributed by atoms with van der Waals surface area (Å²) in [5.74, 6) is -1.45. The molecule has 1 atom stereocenters. The van der Waals surface area contributed by atoms with Gasteiger partial charge in [-0.2, -0.15) is 26.3 Å². The third-order valence-corrected chi connectivity index (χ3v) is 12.8. The average molecular weight is 577 g/mol. The highest BCUT2D eigenvalue weighted by Crippen LogP contribution is 2.51. The SMILES string of the molecule is CC(C)[Si](OC(C)(c1nnc(-c2nc(Br)c(C(F)(F)F)cc2N)o1)C(F)(F)F)(C(C)C)C(C)C. The molecule has 192 valence electrons. The van der Waals surface area contributed by atoms with Gasteiger partial charge in [0, 0.05) is 0 Å². The predicted octanol–water partition coefficient (Wildman–Crippen LogP) is 7.46. The first-order valence-corrected chi connectivity index (χ1v) is 13.4. The number of nitrogen functional groups attached to an aromatic ring is 1. The Hall–Kier alpha value is -1.67. The third-order valence-electron chi connectivity index (χ3n) is 5.98. The molecule has 0 aliphatic carbocycles. The van der Waals surface area contributed by atoms with E-state index in [2.05, 4.69) is 31.1 Å². The number of nitrogens with two attached hydrogens (primary N) is 1. The maximum Gasteiger partial charge on any atom is 0.425 e. The van der Waals surface area contributed by atoms with Gasteiger partial charge in [-0.25, -0.2) is 4.98 Å². The van der Waals surface area contributed by atoms with Gasteiger partial charge in [0.2, 0.25) is 13.9 Å². The first kappa shape index (κ1) is 28.6. The Morgan fingerprint density at radius 3 is 1.88 bits per heavy atom. The summed E-state index contributed by atoms with van der Waals surface area (Å²) in [6, 6.07) is 0.587. The lowest BCUT2D eigenvalue weighted by molar-refractivity contribution is -0.260. The summed E-state index contributed by atoms with van der Waals surface area (Å²) < 4.78 is 93.4. The minimum atomic E-state index is -4.94. The molecule has 0 spiro atoms. The maximum absolute atomic E-state index is 14.4. The van der Waals surface area contributed by atoms with Crippen molar-refractivity contribution < 1.29 is 35.2 Å². The number of anilines is 1. The molecule has 0 amide bonds. The van der Waals surface area contributed by atoms with Crippen LogP contribution in [0.5, 0.6) is 0 Å². The first-order valence-electron chi connectivity index (χ1n) is 10.4. The van der Waals surface area contributed by atoms with Gasteiger partial charge in [0.1, 0.15) is 4.60 Å². The Balaban J connectivity index is 2.66. The molecule has 6 nitrogen and oxygen atoms in total. The van der Waals surface area contributed by atoms with Crippen LogP contribution in [0, 0.1) is 0 Å². The summed E-state index contributed by atoms with van der Waals surface area (Å²) in [7, 11) is -3.09. The van der Waals surface area contributed by atoms with Gasteiger partial charge in [0.15, 0.2) is 5.69 Å². The Morgan fingerprint density at radius 1 is 0.971 bits per heavy atom. The number of hydrogen-bond acceptors (Lipinski definition) is 6. The van der Waals surface area contributed by atoms with Crippen molar-refractivity contribution in [2.45, 2.75) is 83.0 Å². The van der Waals surface area contributed by atoms with Crippen LogP contribution in [0.4, 0.5) is 32.0 Å². The van der Waals surface area contributed by atoms with E-state index in [1.54, 1.807) is 0 Å². The first-order chi connectivity index (χ1) is 15.3. The zero-order valence-corrected chi connectivity index (χ0v) is 22.3. The van der Waals surface area contributed by atoms with E-state index in [0.29, 0.717) is 6.07 Å². The second-order valence-electron chi connectivity index (χ2n) is 9.13. The lowest BCUT2D eigenvalue weighted by Gasteiger charge is -2.47. The average Bonchev–Trinajstić information content (AvgIpc) is 3.15. The fourth-order valence-electron chi connectivity index (χ4n) is 4.32. The molecule has 34 heavy (non-hydrogen) atoms. The van der Waals surface area contributed by atoms with Gasteiger partial charge in [0.05, 0.1) is 11.3 Å². The normalized spacial score (nSPS) is 15.4. The molecule has 0 fully saturated rings. The van der Waals surface area contributed by atoms with Gasteiger partial charge < -0.3 is 14.6 Å². The molecule has 2 aromatic heterocycles. The van der Waals surface area contributed by atoms with E-state index in [1.807, 2.05) is 41.5 Å². The summed E-state index contributed by atoms with van der Waals surface area (Å²) in [6.07, 6.45) is -9.69. The standard InChI is InChI=1S/C20H27BrF6N4O2Si/c1-9(2)34(10(3)4,11(5)6)33-18(7,20(25,26)27)17-31-30-16(32-17)14-13(28)8-12(15(21)29-14)19(22,23)24/h8-11H,28H2,1-7H3. The Morgan fingerprint density at radius 2 is 1.47 bits per heavy atom. The molecule has 0 aromatic carbocycles. The van der Waals surface area contributed by atoms with E-state index in [4.69, 9.17) is 14.6 Å². The van der Waals surface area contributed by atoms with Crippen molar-refractivity contribution in [1.29, 1.82) is 0 Å². The van der Waals surface area contributed by atoms with Crippen molar-refractivity contribution in [1.82, 2.24) is 15.2 Å². The van der Waals surface area contributed by atoms with Gasteiger partial charge in [-0.1, -0.05) is 41.5 Å². The van der Waals surface area contributed by atoms with E-state index >= 15 is 0 Å². The molecule has 0 saturated heterocycles. The summed E-state index contributed by atoms with van der Waals surface area (Å²) in [4.78, 5) is 3.69. The van der Waals surface area contributed by atoms with Crippen molar-refractivity contribution in [3.8, 4) is 11.6 Å². The molecule has 0 aliphatic heterocycles. The van der Waals surface area contributed by atoms with Gasteiger partial charge in [0.25, 0.3) is 11.8 Å². The fraction of sp³-hybridized carbons (Fsp3) is 0.650. The van der Waals surface area contributed by atoms with Gasteiger partial charge in [-0.05, 0) is 45.5 Å². The fourth-order valence-corrected chi connectivity index (χ4v) is 10.5. The molecule has 0 bridgehead atoms. The quantitative estimate of drug-likeness (QED) is 0.209. The molecule has 1 unspecified atom stereocenters. The van der Waals surface area contributed by atoms with Crippen LogP contribution in [-0.4, -0.2) is 29.7 Å². The zero-order valence-electron chi connectivity index (χ0n) is 19.7. The molecule has 2 rings (SSSR count). The molecule has 0 saturated carbocycles. The number of nitrogens with zero attached hydrogens (tertiary/aromatic N) is 3. The molecular formula is C20H27BrF6N4O2Si. The topological polar surface area (TPSA) is 87.1 Å². The van der Waals surface area contributed by atoms with E-state index in [1.165, 1.54) is 0 Å². The Bertz CT molecular complexity index is 1000. The van der Waals surface area contributed by atoms with Gasteiger partial charge in [-0.15, -0.1) is 10.2 Å². The highest BCUT2D eigenvalue weighted by Gasteiger charge is 2.63. The zero-order chi connectivity index (χ0) is 26.4. The van der Waals surface area contributed by atoms with Crippen LogP contribution >= 0.6 is 15.9 Å². The van der Waals surface area contributed by atoms with Crippen LogP contribution in [-0.2, 0) is 16.2 Å². The van der Waals surface area contributed by atoms with E-state index in [9.17, 15) is 26.3 Å². The second-order valence-corrected chi connectivity index (χ2v) is 15.3. The summed E-state index contributed by atoms with van der Waals surface area (Å²) in [6.45, 7) is 11.8. The number of aromatic nitrogens is 3. The summed E-state index contributed by atoms with van der Waals surface area (Å²) >= 11 is 2.70. The van der Waals surface area contributed by atoms with E-state index in [-0.39, 0.29) is 22.3 Å². The van der Waals surface area contributed by atoms with Crippen molar-refractivity contribution in [2.24, 2.45) is 0 Å². The maximum atomic E-state index is 14.4. The minimum Gasteiger partial charge on any atom is -0.416 e. The summed E-state index contributed by atoms with van der Waals surface area (Å²) in [5, 5.41) is 7.16. The van der Waals surface area contributed by atoms with Crippen molar-refractivity contribution >= 4 is 29.9 Å². The Labute approximate surface area is 202 Å². The minimum absolute atomic E-state index is 0.181. The Kier molecular flexibility index (Phi) is 7.91. The molecule has 2 heterocycles. The molecule has 14 heteroatoms.